The first-order chi connectivity index (χ1) is 9.04. The minimum atomic E-state index is 0.0619. The van der Waals surface area contributed by atoms with E-state index < -0.39 is 0 Å². The highest BCUT2D eigenvalue weighted by Gasteiger charge is 2.12. The molecule has 2 N–H and O–H groups in total. The molecule has 0 aliphatic rings. The molecule has 0 aliphatic carbocycles. The molecule has 1 aromatic carbocycles. The fourth-order valence-corrected chi connectivity index (χ4v) is 2.28. The quantitative estimate of drug-likeness (QED) is 0.720. The van der Waals surface area contributed by atoms with Crippen molar-refractivity contribution in [3.63, 3.8) is 0 Å². The van der Waals surface area contributed by atoms with Gasteiger partial charge in [-0.25, -0.2) is 0 Å². The smallest absolute Gasteiger partial charge is 0.142 e. The number of benzene rings is 1. The van der Waals surface area contributed by atoms with Crippen LogP contribution in [0, 0.1) is 0 Å². The summed E-state index contributed by atoms with van der Waals surface area (Å²) < 4.78 is 5.74. The molecule has 0 saturated carbocycles. The zero-order valence-corrected chi connectivity index (χ0v) is 12.9. The third kappa shape index (κ3) is 6.00. The summed E-state index contributed by atoms with van der Waals surface area (Å²) in [5.74, 6) is 0.690. The van der Waals surface area contributed by atoms with Crippen LogP contribution in [0.1, 0.15) is 32.3 Å². The molecule has 0 aliphatic heterocycles. The number of halogens is 2. The second-order valence-corrected chi connectivity index (χ2v) is 5.49. The van der Waals surface area contributed by atoms with Gasteiger partial charge in [0.15, 0.2) is 0 Å². The van der Waals surface area contributed by atoms with E-state index in [-0.39, 0.29) is 12.7 Å². The summed E-state index contributed by atoms with van der Waals surface area (Å²) in [6.45, 7) is 5.64. The van der Waals surface area contributed by atoms with Gasteiger partial charge in [0.1, 0.15) is 5.75 Å². The van der Waals surface area contributed by atoms with E-state index in [2.05, 4.69) is 5.32 Å². The molecule has 0 saturated heterocycles. The number of rotatable bonds is 8. The Morgan fingerprint density at radius 3 is 2.63 bits per heavy atom. The maximum atomic E-state index is 8.72. The molecule has 0 amide bonds. The van der Waals surface area contributed by atoms with Gasteiger partial charge in [-0.05, 0) is 45.4 Å². The zero-order valence-electron chi connectivity index (χ0n) is 11.4. The van der Waals surface area contributed by atoms with Crippen LogP contribution in [0.5, 0.6) is 5.75 Å². The maximum absolute atomic E-state index is 8.72. The highest BCUT2D eigenvalue weighted by atomic mass is 35.5. The number of hydrogen-bond donors (Lipinski definition) is 2. The van der Waals surface area contributed by atoms with Crippen LogP contribution >= 0.6 is 23.2 Å². The minimum Gasteiger partial charge on any atom is -0.489 e. The molecule has 0 spiro atoms. The fraction of sp³-hybridized carbons (Fsp3) is 0.571. The molecule has 3 nitrogen and oxygen atoms in total. The van der Waals surface area contributed by atoms with Crippen molar-refractivity contribution < 1.29 is 9.84 Å². The summed E-state index contributed by atoms with van der Waals surface area (Å²) in [7, 11) is 0. The Kier molecular flexibility index (Phi) is 7.54. The van der Waals surface area contributed by atoms with Crippen LogP contribution in [0.2, 0.25) is 10.0 Å². The second kappa shape index (κ2) is 8.64. The van der Waals surface area contributed by atoms with Crippen molar-refractivity contribution >= 4 is 23.2 Å². The Morgan fingerprint density at radius 1 is 1.26 bits per heavy atom. The summed E-state index contributed by atoms with van der Waals surface area (Å²) in [5.41, 5.74) is 0.954. The van der Waals surface area contributed by atoms with E-state index in [0.717, 1.165) is 24.9 Å². The molecule has 0 aromatic heterocycles. The fourth-order valence-electron chi connectivity index (χ4n) is 1.70. The molecule has 0 fully saturated rings. The largest absolute Gasteiger partial charge is 0.489 e. The Balaban J connectivity index is 2.68. The minimum absolute atomic E-state index is 0.0619. The molecular weight excluding hydrogens is 285 g/mol. The lowest BCUT2D eigenvalue weighted by Crippen LogP contribution is -2.17. The van der Waals surface area contributed by atoms with Crippen molar-refractivity contribution in [2.24, 2.45) is 0 Å². The second-order valence-electron chi connectivity index (χ2n) is 4.65. The lowest BCUT2D eigenvalue weighted by molar-refractivity contribution is 0.239. The topological polar surface area (TPSA) is 41.5 Å². The van der Waals surface area contributed by atoms with E-state index in [0.29, 0.717) is 22.3 Å². The summed E-state index contributed by atoms with van der Waals surface area (Å²) in [5, 5.41) is 13.2. The van der Waals surface area contributed by atoms with Crippen LogP contribution in [0.15, 0.2) is 12.1 Å². The average molecular weight is 306 g/mol. The predicted octanol–water partition coefficient (Wildman–Crippen LogP) is 3.64. The molecule has 19 heavy (non-hydrogen) atoms. The number of aliphatic hydroxyl groups excluding tert-OH is 1. The van der Waals surface area contributed by atoms with E-state index in [1.165, 1.54) is 0 Å². The van der Waals surface area contributed by atoms with Crippen LogP contribution in [0.3, 0.4) is 0 Å². The standard InChI is InChI=1S/C14H21Cl2NO2/c1-10(2)19-14-11(7-12(15)8-13(14)16)9-17-5-3-4-6-18/h7-8,10,17-18H,3-6,9H2,1-2H3. The Hall–Kier alpha value is -0.480. The molecule has 0 bridgehead atoms. The van der Waals surface area contributed by atoms with Gasteiger partial charge in [-0.2, -0.15) is 0 Å². The van der Waals surface area contributed by atoms with E-state index in [4.69, 9.17) is 33.0 Å². The Morgan fingerprint density at radius 2 is 2.00 bits per heavy atom. The first-order valence-corrected chi connectivity index (χ1v) is 7.26. The number of aliphatic hydroxyl groups is 1. The summed E-state index contributed by atoms with van der Waals surface area (Å²) in [6, 6.07) is 3.56. The van der Waals surface area contributed by atoms with Crippen LogP contribution in [-0.4, -0.2) is 24.4 Å². The maximum Gasteiger partial charge on any atom is 0.142 e. The first kappa shape index (κ1) is 16.6. The molecule has 108 valence electrons. The van der Waals surface area contributed by atoms with Gasteiger partial charge in [0.05, 0.1) is 11.1 Å². The summed E-state index contributed by atoms with van der Waals surface area (Å²) >= 11 is 12.2. The average Bonchev–Trinajstić information content (AvgIpc) is 2.32. The van der Waals surface area contributed by atoms with E-state index >= 15 is 0 Å². The lowest BCUT2D eigenvalue weighted by atomic mass is 10.2. The molecule has 1 rings (SSSR count). The Labute approximate surface area is 124 Å². The highest BCUT2D eigenvalue weighted by Crippen LogP contribution is 2.33. The third-order valence-electron chi connectivity index (χ3n) is 2.52. The highest BCUT2D eigenvalue weighted by molar-refractivity contribution is 6.35. The van der Waals surface area contributed by atoms with Crippen molar-refractivity contribution in [1.29, 1.82) is 0 Å². The van der Waals surface area contributed by atoms with Crippen LogP contribution in [-0.2, 0) is 6.54 Å². The van der Waals surface area contributed by atoms with Gasteiger partial charge in [-0.15, -0.1) is 0 Å². The molecule has 5 heteroatoms. The third-order valence-corrected chi connectivity index (χ3v) is 3.01. The molecule has 0 radical (unpaired) electrons. The molecule has 1 aromatic rings. The Bertz CT molecular complexity index is 397. The monoisotopic (exact) mass is 305 g/mol. The molecule has 0 heterocycles. The van der Waals surface area contributed by atoms with Crippen LogP contribution in [0.25, 0.3) is 0 Å². The van der Waals surface area contributed by atoms with Gasteiger partial charge in [-0.3, -0.25) is 0 Å². The predicted molar refractivity (Wildman–Crippen MR) is 80.3 cm³/mol. The molecule has 0 unspecified atom stereocenters. The summed E-state index contributed by atoms with van der Waals surface area (Å²) in [6.07, 6.45) is 1.80. The van der Waals surface area contributed by atoms with Crippen molar-refractivity contribution in [2.75, 3.05) is 13.2 Å². The van der Waals surface area contributed by atoms with Gasteiger partial charge < -0.3 is 15.2 Å². The van der Waals surface area contributed by atoms with Gasteiger partial charge in [-0.1, -0.05) is 23.2 Å². The molecular formula is C14H21Cl2NO2. The van der Waals surface area contributed by atoms with Gasteiger partial charge in [0.25, 0.3) is 0 Å². The van der Waals surface area contributed by atoms with E-state index in [9.17, 15) is 0 Å². The van der Waals surface area contributed by atoms with Crippen molar-refractivity contribution in [2.45, 2.75) is 39.3 Å². The van der Waals surface area contributed by atoms with Gasteiger partial charge >= 0.3 is 0 Å². The SMILES string of the molecule is CC(C)Oc1c(Cl)cc(Cl)cc1CNCCCCO. The normalized spacial score (nSPS) is 11.1. The zero-order chi connectivity index (χ0) is 14.3. The van der Waals surface area contributed by atoms with Crippen LogP contribution < -0.4 is 10.1 Å². The number of nitrogens with one attached hydrogen (secondary N) is 1. The number of hydrogen-bond acceptors (Lipinski definition) is 3. The van der Waals surface area contributed by atoms with E-state index in [1.54, 1.807) is 6.07 Å². The van der Waals surface area contributed by atoms with Crippen molar-refractivity contribution in [3.05, 3.63) is 27.7 Å². The van der Waals surface area contributed by atoms with Crippen LogP contribution in [0.4, 0.5) is 0 Å². The van der Waals surface area contributed by atoms with Gasteiger partial charge in [0, 0.05) is 23.7 Å². The van der Waals surface area contributed by atoms with Crippen molar-refractivity contribution in [1.82, 2.24) is 5.32 Å². The summed E-state index contributed by atoms with van der Waals surface area (Å²) in [4.78, 5) is 0. The van der Waals surface area contributed by atoms with E-state index in [1.807, 2.05) is 19.9 Å². The first-order valence-electron chi connectivity index (χ1n) is 6.50. The number of unbranched alkanes of at least 4 members (excludes halogenated alkanes) is 1. The molecule has 0 atom stereocenters. The lowest BCUT2D eigenvalue weighted by Gasteiger charge is -2.16. The van der Waals surface area contributed by atoms with Gasteiger partial charge in [0.2, 0.25) is 0 Å². The van der Waals surface area contributed by atoms with Crippen molar-refractivity contribution in [3.8, 4) is 5.75 Å². The number of ether oxygens (including phenoxy) is 1.